The van der Waals surface area contributed by atoms with Gasteiger partial charge in [0.1, 0.15) is 0 Å². The first-order chi connectivity index (χ1) is 10.0. The SMILES string of the molecule is [C-]#[N+]c1c(C(C)C)cc(C#CC2C=CC=C2)cc1C(C)C. The lowest BCUT2D eigenvalue weighted by molar-refractivity contribution is 0.841. The quantitative estimate of drug-likeness (QED) is 0.490. The molecule has 1 aromatic carbocycles. The standard InChI is InChI=1S/C20H21N/c1-14(2)18-12-17(11-10-16-8-6-7-9-16)13-19(15(3)4)20(18)21-5/h6-9,12-16H,1-4H3. The highest BCUT2D eigenvalue weighted by Crippen LogP contribution is 2.35. The van der Waals surface area contributed by atoms with Crippen molar-refractivity contribution >= 4 is 5.69 Å². The highest BCUT2D eigenvalue weighted by Gasteiger charge is 2.15. The van der Waals surface area contributed by atoms with Crippen LogP contribution in [0.25, 0.3) is 4.85 Å². The molecule has 2 rings (SSSR count). The monoisotopic (exact) mass is 275 g/mol. The molecular formula is C20H21N. The molecule has 1 aliphatic carbocycles. The van der Waals surface area contributed by atoms with E-state index in [4.69, 9.17) is 6.57 Å². The van der Waals surface area contributed by atoms with E-state index in [1.54, 1.807) is 0 Å². The van der Waals surface area contributed by atoms with E-state index in [0.29, 0.717) is 11.8 Å². The van der Waals surface area contributed by atoms with Gasteiger partial charge >= 0.3 is 0 Å². The topological polar surface area (TPSA) is 4.36 Å². The fourth-order valence-corrected chi connectivity index (χ4v) is 2.46. The molecule has 1 aromatic rings. The number of allylic oxidation sites excluding steroid dienone is 4. The van der Waals surface area contributed by atoms with Gasteiger partial charge in [0.05, 0.1) is 12.5 Å². The Kier molecular flexibility index (Phi) is 4.66. The van der Waals surface area contributed by atoms with Gasteiger partial charge in [0.2, 0.25) is 0 Å². The summed E-state index contributed by atoms with van der Waals surface area (Å²) < 4.78 is 0. The second-order valence-corrected chi connectivity index (χ2v) is 5.99. The van der Waals surface area contributed by atoms with E-state index in [-0.39, 0.29) is 5.92 Å². The van der Waals surface area contributed by atoms with Gasteiger partial charge in [-0.2, -0.15) is 0 Å². The van der Waals surface area contributed by atoms with Crippen LogP contribution in [0.2, 0.25) is 0 Å². The van der Waals surface area contributed by atoms with Crippen molar-refractivity contribution in [2.45, 2.75) is 39.5 Å². The Morgan fingerprint density at radius 2 is 1.52 bits per heavy atom. The molecule has 0 aromatic heterocycles. The molecule has 0 bridgehead atoms. The molecule has 0 heterocycles. The highest BCUT2D eigenvalue weighted by atomic mass is 14.7. The van der Waals surface area contributed by atoms with E-state index in [9.17, 15) is 0 Å². The summed E-state index contributed by atoms with van der Waals surface area (Å²) in [5.74, 6) is 7.42. The van der Waals surface area contributed by atoms with Crippen molar-refractivity contribution in [2.24, 2.45) is 5.92 Å². The van der Waals surface area contributed by atoms with E-state index in [0.717, 1.165) is 22.4 Å². The fraction of sp³-hybridized carbons (Fsp3) is 0.350. The largest absolute Gasteiger partial charge is 0.238 e. The molecule has 0 fully saturated rings. The molecule has 1 nitrogen and oxygen atoms in total. The molecule has 0 radical (unpaired) electrons. The number of hydrogen-bond donors (Lipinski definition) is 0. The van der Waals surface area contributed by atoms with Crippen LogP contribution < -0.4 is 0 Å². The second-order valence-electron chi connectivity index (χ2n) is 5.99. The maximum Gasteiger partial charge on any atom is 0.194 e. The third-order valence-corrected chi connectivity index (χ3v) is 3.66. The highest BCUT2D eigenvalue weighted by molar-refractivity contribution is 5.64. The Hall–Kier alpha value is -2.25. The molecule has 0 N–H and O–H groups in total. The summed E-state index contributed by atoms with van der Waals surface area (Å²) in [6.45, 7) is 16.0. The van der Waals surface area contributed by atoms with Gasteiger partial charge in [-0.1, -0.05) is 76.0 Å². The van der Waals surface area contributed by atoms with Gasteiger partial charge in [-0.3, -0.25) is 0 Å². The number of nitrogens with zero attached hydrogens (tertiary/aromatic N) is 1. The molecule has 0 unspecified atom stereocenters. The smallest absolute Gasteiger partial charge is 0.194 e. The average molecular weight is 275 g/mol. The van der Waals surface area contributed by atoms with Gasteiger partial charge in [0, 0.05) is 5.56 Å². The van der Waals surface area contributed by atoms with Crippen LogP contribution in [0.3, 0.4) is 0 Å². The van der Waals surface area contributed by atoms with Crippen molar-refractivity contribution in [1.29, 1.82) is 0 Å². The first-order valence-corrected chi connectivity index (χ1v) is 7.44. The number of rotatable bonds is 2. The Morgan fingerprint density at radius 1 is 1.00 bits per heavy atom. The van der Waals surface area contributed by atoms with Crippen LogP contribution in [-0.2, 0) is 0 Å². The maximum absolute atomic E-state index is 7.49. The minimum Gasteiger partial charge on any atom is -0.238 e. The van der Waals surface area contributed by atoms with E-state index in [1.165, 1.54) is 0 Å². The van der Waals surface area contributed by atoms with Crippen LogP contribution in [0.15, 0.2) is 36.4 Å². The van der Waals surface area contributed by atoms with Crippen molar-refractivity contribution in [3.05, 3.63) is 64.5 Å². The summed E-state index contributed by atoms with van der Waals surface area (Å²) in [6, 6.07) is 4.17. The van der Waals surface area contributed by atoms with Gasteiger partial charge < -0.3 is 0 Å². The summed E-state index contributed by atoms with van der Waals surface area (Å²) in [6.07, 6.45) is 8.24. The van der Waals surface area contributed by atoms with Crippen LogP contribution in [0.5, 0.6) is 0 Å². The van der Waals surface area contributed by atoms with Crippen molar-refractivity contribution < 1.29 is 0 Å². The Bertz CT molecular complexity index is 644. The summed E-state index contributed by atoms with van der Waals surface area (Å²) in [7, 11) is 0. The van der Waals surface area contributed by atoms with Crippen molar-refractivity contribution in [1.82, 2.24) is 0 Å². The molecule has 0 spiro atoms. The lowest BCUT2D eigenvalue weighted by Crippen LogP contribution is -1.97. The Balaban J connectivity index is 2.50. The third kappa shape index (κ3) is 3.45. The Labute approximate surface area is 128 Å². The van der Waals surface area contributed by atoms with Crippen LogP contribution in [-0.4, -0.2) is 0 Å². The fourth-order valence-electron chi connectivity index (χ4n) is 2.46. The van der Waals surface area contributed by atoms with Crippen LogP contribution in [0.1, 0.15) is 56.2 Å². The van der Waals surface area contributed by atoms with Crippen molar-refractivity contribution in [3.63, 3.8) is 0 Å². The number of hydrogen-bond acceptors (Lipinski definition) is 0. The zero-order chi connectivity index (χ0) is 15.4. The molecule has 1 heteroatoms. The van der Waals surface area contributed by atoms with Crippen LogP contribution >= 0.6 is 0 Å². The molecule has 0 aliphatic heterocycles. The Morgan fingerprint density at radius 3 is 1.95 bits per heavy atom. The molecule has 106 valence electrons. The molecule has 0 amide bonds. The molecule has 0 atom stereocenters. The normalized spacial score (nSPS) is 13.6. The summed E-state index contributed by atoms with van der Waals surface area (Å²) in [4.78, 5) is 3.77. The molecular weight excluding hydrogens is 254 g/mol. The van der Waals surface area contributed by atoms with E-state index in [1.807, 2.05) is 12.2 Å². The van der Waals surface area contributed by atoms with Gasteiger partial charge in [-0.25, -0.2) is 4.85 Å². The lowest BCUT2D eigenvalue weighted by Gasteiger charge is -2.16. The van der Waals surface area contributed by atoms with E-state index < -0.39 is 0 Å². The lowest BCUT2D eigenvalue weighted by atomic mass is 9.90. The van der Waals surface area contributed by atoms with E-state index >= 15 is 0 Å². The summed E-state index contributed by atoms with van der Waals surface area (Å²) >= 11 is 0. The van der Waals surface area contributed by atoms with Gasteiger partial charge in [0.25, 0.3) is 0 Å². The molecule has 0 saturated carbocycles. The minimum absolute atomic E-state index is 0.218. The zero-order valence-electron chi connectivity index (χ0n) is 13.1. The second kappa shape index (κ2) is 6.47. The molecule has 21 heavy (non-hydrogen) atoms. The van der Waals surface area contributed by atoms with E-state index in [2.05, 4.69) is 68.7 Å². The first kappa shape index (κ1) is 15.1. The summed E-state index contributed by atoms with van der Waals surface area (Å²) in [5.41, 5.74) is 4.05. The molecule has 0 saturated heterocycles. The minimum atomic E-state index is 0.218. The van der Waals surface area contributed by atoms with Gasteiger partial charge in [0.15, 0.2) is 5.69 Å². The van der Waals surface area contributed by atoms with Crippen molar-refractivity contribution in [2.75, 3.05) is 0 Å². The predicted octanol–water partition coefficient (Wildman–Crippen LogP) is 5.58. The third-order valence-electron chi connectivity index (χ3n) is 3.66. The number of benzene rings is 1. The summed E-state index contributed by atoms with van der Waals surface area (Å²) in [5, 5.41) is 0. The van der Waals surface area contributed by atoms with Gasteiger partial charge in [-0.05, 0) is 23.0 Å². The van der Waals surface area contributed by atoms with Crippen molar-refractivity contribution in [3.8, 4) is 11.8 Å². The zero-order valence-corrected chi connectivity index (χ0v) is 13.1. The van der Waals surface area contributed by atoms with Crippen LogP contribution in [0.4, 0.5) is 5.69 Å². The van der Waals surface area contributed by atoms with Gasteiger partial charge in [-0.15, -0.1) is 0 Å². The average Bonchev–Trinajstić information content (AvgIpc) is 2.97. The predicted molar refractivity (Wildman–Crippen MR) is 89.5 cm³/mol. The van der Waals surface area contributed by atoms with Crippen LogP contribution in [0, 0.1) is 24.3 Å². The maximum atomic E-state index is 7.49. The first-order valence-electron chi connectivity index (χ1n) is 7.44. The molecule has 1 aliphatic rings.